The molecule has 2 aromatic rings. The number of halogens is 1. The van der Waals surface area contributed by atoms with E-state index in [-0.39, 0.29) is 23.4 Å². The van der Waals surface area contributed by atoms with Crippen LogP contribution in [0.3, 0.4) is 0 Å². The highest BCUT2D eigenvalue weighted by molar-refractivity contribution is 5.97. The Morgan fingerprint density at radius 2 is 1.90 bits per heavy atom. The molecule has 1 saturated heterocycles. The first-order valence-corrected chi connectivity index (χ1v) is 10.0. The van der Waals surface area contributed by atoms with Gasteiger partial charge in [-0.05, 0) is 19.1 Å². The zero-order chi connectivity index (χ0) is 21.8. The van der Waals surface area contributed by atoms with E-state index in [1.54, 1.807) is 15.5 Å². The number of aromatic nitrogens is 1. The van der Waals surface area contributed by atoms with Crippen LogP contribution >= 0.6 is 0 Å². The van der Waals surface area contributed by atoms with Crippen molar-refractivity contribution < 1.29 is 18.7 Å². The normalized spacial score (nSPS) is 14.3. The van der Waals surface area contributed by atoms with Gasteiger partial charge in [0, 0.05) is 64.9 Å². The van der Waals surface area contributed by atoms with Gasteiger partial charge in [0.2, 0.25) is 11.3 Å². The summed E-state index contributed by atoms with van der Waals surface area (Å²) in [6, 6.07) is 2.87. The minimum absolute atomic E-state index is 0.00441. The third-order valence-corrected chi connectivity index (χ3v) is 5.39. The summed E-state index contributed by atoms with van der Waals surface area (Å²) < 4.78 is 21.6. The van der Waals surface area contributed by atoms with Crippen molar-refractivity contribution in [3.8, 4) is 0 Å². The number of amides is 2. The maximum Gasteiger partial charge on any atom is 0.256 e. The molecule has 0 unspecified atom stereocenters. The van der Waals surface area contributed by atoms with Gasteiger partial charge in [-0.15, -0.1) is 0 Å². The van der Waals surface area contributed by atoms with E-state index in [0.29, 0.717) is 50.5 Å². The van der Waals surface area contributed by atoms with Crippen LogP contribution in [0.25, 0.3) is 10.9 Å². The average Bonchev–Trinajstić information content (AvgIpc) is 2.74. The largest absolute Gasteiger partial charge is 0.383 e. The Labute approximate surface area is 174 Å². The lowest BCUT2D eigenvalue weighted by molar-refractivity contribution is -0.129. The summed E-state index contributed by atoms with van der Waals surface area (Å²) in [5.74, 6) is -1.02. The van der Waals surface area contributed by atoms with Crippen molar-refractivity contribution in [1.82, 2.24) is 14.8 Å². The van der Waals surface area contributed by atoms with E-state index in [0.717, 1.165) is 0 Å². The van der Waals surface area contributed by atoms with Crippen LogP contribution in [0.1, 0.15) is 24.2 Å². The van der Waals surface area contributed by atoms with Crippen LogP contribution in [0.5, 0.6) is 0 Å². The van der Waals surface area contributed by atoms with Gasteiger partial charge in [-0.1, -0.05) is 0 Å². The van der Waals surface area contributed by atoms with Gasteiger partial charge in [0.25, 0.3) is 5.91 Å². The Balaban J connectivity index is 1.98. The van der Waals surface area contributed by atoms with Crippen LogP contribution < -0.4 is 15.6 Å². The Morgan fingerprint density at radius 3 is 2.50 bits per heavy atom. The number of hydrogen-bond donors (Lipinski definition) is 1. The van der Waals surface area contributed by atoms with E-state index in [1.807, 2.05) is 11.8 Å². The number of piperazine rings is 1. The van der Waals surface area contributed by atoms with Gasteiger partial charge >= 0.3 is 0 Å². The van der Waals surface area contributed by atoms with E-state index >= 15 is 0 Å². The molecular formula is C21H27FN4O4. The summed E-state index contributed by atoms with van der Waals surface area (Å²) >= 11 is 0. The number of methoxy groups -OCH3 is 1. The van der Waals surface area contributed by atoms with E-state index in [9.17, 15) is 18.8 Å². The molecule has 9 heteroatoms. The summed E-state index contributed by atoms with van der Waals surface area (Å²) in [6.07, 6.45) is 1.52. The summed E-state index contributed by atoms with van der Waals surface area (Å²) in [4.78, 5) is 40.5. The van der Waals surface area contributed by atoms with Gasteiger partial charge < -0.3 is 24.4 Å². The van der Waals surface area contributed by atoms with Crippen LogP contribution in [-0.2, 0) is 16.1 Å². The molecule has 2 heterocycles. The maximum atomic E-state index is 15.0. The molecule has 1 aliphatic heterocycles. The highest BCUT2D eigenvalue weighted by Gasteiger charge is 2.23. The molecule has 1 N–H and O–H groups in total. The minimum atomic E-state index is -0.518. The fraction of sp³-hybridized carbons (Fsp3) is 0.476. The summed E-state index contributed by atoms with van der Waals surface area (Å²) in [5, 5.41) is 2.80. The number of hydrogen-bond acceptors (Lipinski definition) is 5. The number of fused-ring (bicyclic) bond motifs is 1. The molecule has 8 nitrogen and oxygen atoms in total. The SMILES string of the molecule is CCn1cc(C(=O)NCCOC)c(=O)c2cc(F)c(N3CCN(C(C)=O)CC3)cc21. The van der Waals surface area contributed by atoms with Gasteiger partial charge in [-0.3, -0.25) is 14.4 Å². The number of rotatable bonds is 6. The number of aryl methyl sites for hydroxylation is 1. The van der Waals surface area contributed by atoms with Crippen molar-refractivity contribution in [2.24, 2.45) is 0 Å². The van der Waals surface area contributed by atoms with Crippen molar-refractivity contribution in [3.05, 3.63) is 39.9 Å². The van der Waals surface area contributed by atoms with Gasteiger partial charge in [0.1, 0.15) is 11.4 Å². The number of ether oxygens (including phenoxy) is 1. The third kappa shape index (κ3) is 4.30. The quantitative estimate of drug-likeness (QED) is 0.713. The molecule has 3 rings (SSSR count). The smallest absolute Gasteiger partial charge is 0.256 e. The van der Waals surface area contributed by atoms with E-state index in [4.69, 9.17) is 4.74 Å². The molecule has 1 fully saturated rings. The molecule has 1 aromatic carbocycles. The minimum Gasteiger partial charge on any atom is -0.383 e. The Hall–Kier alpha value is -2.94. The molecule has 1 aliphatic rings. The number of carbonyl (C=O) groups is 2. The Kier molecular flexibility index (Phi) is 6.71. The second kappa shape index (κ2) is 9.25. The van der Waals surface area contributed by atoms with Gasteiger partial charge in [0.05, 0.1) is 17.8 Å². The number of anilines is 1. The zero-order valence-electron chi connectivity index (χ0n) is 17.5. The predicted octanol–water partition coefficient (Wildman–Crippen LogP) is 1.21. The van der Waals surface area contributed by atoms with Crippen LogP contribution in [0.15, 0.2) is 23.1 Å². The van der Waals surface area contributed by atoms with E-state index in [1.165, 1.54) is 26.3 Å². The number of carbonyl (C=O) groups excluding carboxylic acids is 2. The molecule has 0 spiro atoms. The summed E-state index contributed by atoms with van der Waals surface area (Å²) in [6.45, 7) is 6.60. The topological polar surface area (TPSA) is 83.9 Å². The van der Waals surface area contributed by atoms with Crippen molar-refractivity contribution in [3.63, 3.8) is 0 Å². The second-order valence-electron chi connectivity index (χ2n) is 7.22. The molecule has 0 atom stereocenters. The highest BCUT2D eigenvalue weighted by Crippen LogP contribution is 2.26. The first kappa shape index (κ1) is 21.8. The summed E-state index contributed by atoms with van der Waals surface area (Å²) in [7, 11) is 1.52. The standard InChI is InChI=1S/C21H27FN4O4/c1-4-24-13-16(21(29)23-5-10-30-3)20(28)15-11-17(22)19(12-18(15)24)26-8-6-25(7-9-26)14(2)27/h11-13H,4-10H2,1-3H3,(H,23,29). The molecule has 162 valence electrons. The molecule has 1 aromatic heterocycles. The number of nitrogens with one attached hydrogen (secondary N) is 1. The average molecular weight is 418 g/mol. The van der Waals surface area contributed by atoms with Crippen LogP contribution in [0.4, 0.5) is 10.1 Å². The van der Waals surface area contributed by atoms with E-state index in [2.05, 4.69) is 5.32 Å². The molecule has 2 amide bonds. The zero-order valence-corrected chi connectivity index (χ0v) is 17.5. The van der Waals surface area contributed by atoms with Crippen LogP contribution in [-0.4, -0.2) is 67.7 Å². The molecule has 0 aliphatic carbocycles. The first-order valence-electron chi connectivity index (χ1n) is 10.0. The summed E-state index contributed by atoms with van der Waals surface area (Å²) in [5.41, 5.74) is 0.435. The lowest BCUT2D eigenvalue weighted by Gasteiger charge is -2.36. The lowest BCUT2D eigenvalue weighted by atomic mass is 10.1. The number of nitrogens with zero attached hydrogens (tertiary/aromatic N) is 3. The van der Waals surface area contributed by atoms with Crippen molar-refractivity contribution in [2.75, 3.05) is 51.3 Å². The van der Waals surface area contributed by atoms with Gasteiger partial charge in [-0.2, -0.15) is 0 Å². The third-order valence-electron chi connectivity index (χ3n) is 5.39. The van der Waals surface area contributed by atoms with Crippen LogP contribution in [0.2, 0.25) is 0 Å². The second-order valence-corrected chi connectivity index (χ2v) is 7.22. The molecule has 0 saturated carbocycles. The molecule has 0 radical (unpaired) electrons. The Bertz CT molecular complexity index is 1010. The monoisotopic (exact) mass is 418 g/mol. The molecular weight excluding hydrogens is 391 g/mol. The maximum absolute atomic E-state index is 15.0. The highest BCUT2D eigenvalue weighted by atomic mass is 19.1. The fourth-order valence-electron chi connectivity index (χ4n) is 3.69. The van der Waals surface area contributed by atoms with Gasteiger partial charge in [0.15, 0.2) is 0 Å². The predicted molar refractivity (Wildman–Crippen MR) is 113 cm³/mol. The van der Waals surface area contributed by atoms with E-state index < -0.39 is 17.2 Å². The lowest BCUT2D eigenvalue weighted by Crippen LogP contribution is -2.48. The first-order chi connectivity index (χ1) is 14.4. The molecule has 30 heavy (non-hydrogen) atoms. The van der Waals surface area contributed by atoms with Crippen molar-refractivity contribution in [1.29, 1.82) is 0 Å². The van der Waals surface area contributed by atoms with Crippen molar-refractivity contribution >= 4 is 28.4 Å². The Morgan fingerprint density at radius 1 is 1.20 bits per heavy atom. The molecule has 0 bridgehead atoms. The fourth-order valence-corrected chi connectivity index (χ4v) is 3.69. The number of pyridine rings is 1. The van der Waals surface area contributed by atoms with Crippen molar-refractivity contribution in [2.45, 2.75) is 20.4 Å². The van der Waals surface area contributed by atoms with Crippen LogP contribution in [0, 0.1) is 5.82 Å². The van der Waals surface area contributed by atoms with Gasteiger partial charge in [-0.25, -0.2) is 4.39 Å². The number of benzene rings is 1.